The van der Waals surface area contributed by atoms with Crippen LogP contribution < -0.4 is 10.2 Å². The Balaban J connectivity index is 1.57. The minimum atomic E-state index is -0.0897. The maximum Gasteiger partial charge on any atom is 0.236 e. The summed E-state index contributed by atoms with van der Waals surface area (Å²) in [5.74, 6) is 1.06. The SMILES string of the molecule is Cc1csc(NC(=O)CSc2cc(N3CC(C)OC(C)C3)ncn2)n1. The van der Waals surface area contributed by atoms with E-state index >= 15 is 0 Å². The molecule has 0 radical (unpaired) electrons. The van der Waals surface area contributed by atoms with Crippen LogP contribution in [0.5, 0.6) is 0 Å². The Morgan fingerprint density at radius 2 is 2.16 bits per heavy atom. The molecule has 1 N–H and O–H groups in total. The van der Waals surface area contributed by atoms with Gasteiger partial charge in [-0.15, -0.1) is 11.3 Å². The van der Waals surface area contributed by atoms with Crippen molar-refractivity contribution >= 4 is 40.0 Å². The number of hydrogen-bond donors (Lipinski definition) is 1. The van der Waals surface area contributed by atoms with E-state index in [2.05, 4.69) is 39.0 Å². The third-order valence-electron chi connectivity index (χ3n) is 3.59. The highest BCUT2D eigenvalue weighted by Crippen LogP contribution is 2.23. The van der Waals surface area contributed by atoms with Gasteiger partial charge in [0.1, 0.15) is 17.2 Å². The van der Waals surface area contributed by atoms with E-state index < -0.39 is 0 Å². The Bertz CT molecular complexity index is 729. The van der Waals surface area contributed by atoms with Crippen molar-refractivity contribution in [2.24, 2.45) is 0 Å². The van der Waals surface area contributed by atoms with Gasteiger partial charge in [-0.25, -0.2) is 15.0 Å². The third-order valence-corrected chi connectivity index (χ3v) is 5.39. The number of nitrogens with zero attached hydrogens (tertiary/aromatic N) is 4. The number of anilines is 2. The van der Waals surface area contributed by atoms with Gasteiger partial charge in [0.05, 0.1) is 23.7 Å². The third kappa shape index (κ3) is 5.13. The first-order valence-electron chi connectivity index (χ1n) is 8.07. The van der Waals surface area contributed by atoms with Crippen molar-refractivity contribution in [1.29, 1.82) is 0 Å². The van der Waals surface area contributed by atoms with Gasteiger partial charge in [0, 0.05) is 24.5 Å². The quantitative estimate of drug-likeness (QED) is 0.632. The first-order valence-corrected chi connectivity index (χ1v) is 9.93. The molecule has 7 nitrogen and oxygen atoms in total. The van der Waals surface area contributed by atoms with Crippen molar-refractivity contribution < 1.29 is 9.53 Å². The number of carbonyl (C=O) groups is 1. The maximum absolute atomic E-state index is 12.0. The van der Waals surface area contributed by atoms with Gasteiger partial charge in [-0.05, 0) is 20.8 Å². The van der Waals surface area contributed by atoms with Crippen LogP contribution in [0.4, 0.5) is 10.9 Å². The molecule has 0 bridgehead atoms. The zero-order valence-electron chi connectivity index (χ0n) is 14.4. The van der Waals surface area contributed by atoms with Crippen LogP contribution in [-0.4, -0.2) is 51.9 Å². The van der Waals surface area contributed by atoms with E-state index in [1.807, 2.05) is 18.4 Å². The van der Waals surface area contributed by atoms with Crippen LogP contribution in [0.2, 0.25) is 0 Å². The molecule has 0 aliphatic carbocycles. The van der Waals surface area contributed by atoms with Gasteiger partial charge in [0.25, 0.3) is 0 Å². The largest absolute Gasteiger partial charge is 0.372 e. The molecule has 0 saturated carbocycles. The van der Waals surface area contributed by atoms with E-state index in [9.17, 15) is 4.79 Å². The number of nitrogens with one attached hydrogen (secondary N) is 1. The van der Waals surface area contributed by atoms with E-state index in [0.29, 0.717) is 5.13 Å². The molecule has 3 rings (SSSR count). The van der Waals surface area contributed by atoms with Gasteiger partial charge >= 0.3 is 0 Å². The highest BCUT2D eigenvalue weighted by Gasteiger charge is 2.23. The van der Waals surface area contributed by atoms with Crippen molar-refractivity contribution in [1.82, 2.24) is 15.0 Å². The molecule has 1 saturated heterocycles. The highest BCUT2D eigenvalue weighted by atomic mass is 32.2. The summed E-state index contributed by atoms with van der Waals surface area (Å²) in [7, 11) is 0. The van der Waals surface area contributed by atoms with E-state index in [4.69, 9.17) is 4.74 Å². The standard InChI is InChI=1S/C16H21N5O2S2/c1-10-7-25-16(19-10)20-14(22)8-24-15-4-13(17-9-18-15)21-5-11(2)23-12(3)6-21/h4,7,9,11-12H,5-6,8H2,1-3H3,(H,19,20,22). The number of rotatable bonds is 5. The Hall–Kier alpha value is -1.71. The lowest BCUT2D eigenvalue weighted by Crippen LogP contribution is -2.45. The summed E-state index contributed by atoms with van der Waals surface area (Å²) < 4.78 is 5.76. The van der Waals surface area contributed by atoms with Gasteiger partial charge in [-0.2, -0.15) is 0 Å². The molecule has 9 heteroatoms. The van der Waals surface area contributed by atoms with Crippen LogP contribution in [0.25, 0.3) is 0 Å². The van der Waals surface area contributed by atoms with Gasteiger partial charge in [-0.1, -0.05) is 11.8 Å². The zero-order valence-corrected chi connectivity index (χ0v) is 16.1. The number of carbonyl (C=O) groups excluding carboxylic acids is 1. The minimum Gasteiger partial charge on any atom is -0.372 e. The van der Waals surface area contributed by atoms with Gasteiger partial charge in [0.2, 0.25) is 5.91 Å². The number of ether oxygens (including phenoxy) is 1. The summed E-state index contributed by atoms with van der Waals surface area (Å²) in [4.78, 5) is 27.1. The van der Waals surface area contributed by atoms with E-state index in [1.54, 1.807) is 6.33 Å². The predicted octanol–water partition coefficient (Wildman–Crippen LogP) is 2.59. The summed E-state index contributed by atoms with van der Waals surface area (Å²) in [5.41, 5.74) is 0.905. The van der Waals surface area contributed by atoms with Crippen molar-refractivity contribution in [3.8, 4) is 0 Å². The number of aromatic nitrogens is 3. The first kappa shape index (κ1) is 18.1. The Morgan fingerprint density at radius 3 is 2.84 bits per heavy atom. The summed E-state index contributed by atoms with van der Waals surface area (Å²) in [6.07, 6.45) is 1.88. The molecular formula is C16H21N5O2S2. The summed E-state index contributed by atoms with van der Waals surface area (Å²) in [5, 5.41) is 6.11. The number of amides is 1. The molecule has 134 valence electrons. The first-order chi connectivity index (χ1) is 12.0. The maximum atomic E-state index is 12.0. The number of thioether (sulfide) groups is 1. The lowest BCUT2D eigenvalue weighted by Gasteiger charge is -2.36. The molecule has 2 unspecified atom stereocenters. The van der Waals surface area contributed by atoms with Crippen LogP contribution in [0.1, 0.15) is 19.5 Å². The summed E-state index contributed by atoms with van der Waals surface area (Å²) in [6, 6.07) is 1.93. The number of aryl methyl sites for hydroxylation is 1. The molecular weight excluding hydrogens is 358 g/mol. The summed E-state index contributed by atoms with van der Waals surface area (Å²) in [6.45, 7) is 7.62. The van der Waals surface area contributed by atoms with Crippen molar-refractivity contribution in [3.05, 3.63) is 23.5 Å². The number of hydrogen-bond acceptors (Lipinski definition) is 8. The second-order valence-corrected chi connectivity index (χ2v) is 7.86. The van der Waals surface area contributed by atoms with E-state index in [1.165, 1.54) is 23.1 Å². The second kappa shape index (κ2) is 8.11. The van der Waals surface area contributed by atoms with Crippen LogP contribution in [-0.2, 0) is 9.53 Å². The van der Waals surface area contributed by atoms with Crippen LogP contribution >= 0.6 is 23.1 Å². The summed E-state index contributed by atoms with van der Waals surface area (Å²) >= 11 is 2.81. The zero-order chi connectivity index (χ0) is 17.8. The van der Waals surface area contributed by atoms with Crippen LogP contribution in [0, 0.1) is 6.92 Å². The van der Waals surface area contributed by atoms with E-state index in [0.717, 1.165) is 29.6 Å². The predicted molar refractivity (Wildman–Crippen MR) is 100 cm³/mol. The molecule has 2 aromatic heterocycles. The Kier molecular flexibility index (Phi) is 5.87. The van der Waals surface area contributed by atoms with E-state index in [-0.39, 0.29) is 23.9 Å². The number of morpholine rings is 1. The molecule has 0 aromatic carbocycles. The molecule has 1 aliphatic rings. The minimum absolute atomic E-state index is 0.0897. The molecule has 25 heavy (non-hydrogen) atoms. The smallest absolute Gasteiger partial charge is 0.236 e. The molecule has 2 aromatic rings. The fraction of sp³-hybridized carbons (Fsp3) is 0.500. The fourth-order valence-corrected chi connectivity index (χ4v) is 4.02. The molecule has 3 heterocycles. The average Bonchev–Trinajstić information content (AvgIpc) is 2.97. The van der Waals surface area contributed by atoms with Crippen molar-refractivity contribution in [3.63, 3.8) is 0 Å². The highest BCUT2D eigenvalue weighted by molar-refractivity contribution is 7.99. The van der Waals surface area contributed by atoms with Crippen molar-refractivity contribution in [2.45, 2.75) is 38.0 Å². The molecule has 1 aliphatic heterocycles. The Morgan fingerprint density at radius 1 is 1.40 bits per heavy atom. The lowest BCUT2D eigenvalue weighted by molar-refractivity contribution is -0.113. The van der Waals surface area contributed by atoms with Gasteiger partial charge in [-0.3, -0.25) is 4.79 Å². The average molecular weight is 380 g/mol. The van der Waals surface area contributed by atoms with Crippen LogP contribution in [0.3, 0.4) is 0 Å². The molecule has 1 amide bonds. The molecule has 0 spiro atoms. The molecule has 2 atom stereocenters. The number of thiazole rings is 1. The Labute approximate surface area is 155 Å². The molecule has 1 fully saturated rings. The lowest BCUT2D eigenvalue weighted by atomic mass is 10.2. The second-order valence-electron chi connectivity index (χ2n) is 6.01. The fourth-order valence-electron chi connectivity index (χ4n) is 2.65. The monoisotopic (exact) mass is 379 g/mol. The topological polar surface area (TPSA) is 80.2 Å². The van der Waals surface area contributed by atoms with Crippen LogP contribution in [0.15, 0.2) is 22.8 Å². The van der Waals surface area contributed by atoms with Gasteiger partial charge < -0.3 is 15.0 Å². The van der Waals surface area contributed by atoms with Crippen molar-refractivity contribution in [2.75, 3.05) is 29.1 Å². The van der Waals surface area contributed by atoms with Gasteiger partial charge in [0.15, 0.2) is 5.13 Å². The normalized spacial score (nSPS) is 20.5.